The number of fused-ring (bicyclic) bond motifs is 1. The zero-order valence-electron chi connectivity index (χ0n) is 24.3. The van der Waals surface area contributed by atoms with Crippen LogP contribution in [0.2, 0.25) is 0 Å². The number of aliphatic hydroxyl groups is 2. The van der Waals surface area contributed by atoms with Crippen LogP contribution in [-0.4, -0.2) is 115 Å². The topological polar surface area (TPSA) is 243 Å². The molecule has 0 spiro atoms. The summed E-state index contributed by atoms with van der Waals surface area (Å²) < 4.78 is 37.4. The monoisotopic (exact) mass is 646 g/mol. The first-order valence-corrected chi connectivity index (χ1v) is 16.3. The summed E-state index contributed by atoms with van der Waals surface area (Å²) in [6.45, 7) is 1.49. The first-order chi connectivity index (χ1) is 20.1. The zero-order chi connectivity index (χ0) is 31.9. The van der Waals surface area contributed by atoms with Crippen molar-refractivity contribution in [2.45, 2.75) is 69.9 Å². The number of imide groups is 1. The first kappa shape index (κ1) is 32.8. The second-order valence-corrected chi connectivity index (χ2v) is 14.8. The van der Waals surface area contributed by atoms with E-state index in [1.54, 1.807) is 13.8 Å². The van der Waals surface area contributed by atoms with E-state index in [2.05, 4.69) is 25.4 Å². The highest BCUT2D eigenvalue weighted by Crippen LogP contribution is 2.57. The Morgan fingerprint density at radius 3 is 2.65 bits per heavy atom. The van der Waals surface area contributed by atoms with Crippen LogP contribution in [0.1, 0.15) is 33.9 Å². The third-order valence-corrected chi connectivity index (χ3v) is 10.8. The first-order valence-electron chi connectivity index (χ1n) is 13.1. The van der Waals surface area contributed by atoms with Gasteiger partial charge >= 0.3 is 18.7 Å². The Hall–Kier alpha value is -3.06. The number of ether oxygens (including phenoxy) is 3. The van der Waals surface area contributed by atoms with Gasteiger partial charge < -0.3 is 40.0 Å². The standard InChI is InChI=1S/C23H35N8O10PS/c1-10(2)40-19(34)11(3)29-42(37,43-8-12-18(33)30(5)22(35)26-12)39-7-13-15(32)23(4,36)20(41-13)31-9-25-14-16(31)27-21(24)28-17(14)38-6/h9-13,15,20,32,36H,7-8H2,1-6H3,(H,26,35)(H,29,37)(H2,24,27,28)/t11-,12+,13+,15+,20+,23?,42?/m0/s1. The van der Waals surface area contributed by atoms with Gasteiger partial charge in [-0.25, -0.2) is 14.9 Å². The third-order valence-electron chi connectivity index (χ3n) is 6.72. The predicted octanol–water partition coefficient (Wildman–Crippen LogP) is -0.236. The molecular weight excluding hydrogens is 611 g/mol. The summed E-state index contributed by atoms with van der Waals surface area (Å²) in [6.07, 6.45) is -3.16. The number of nitrogens with zero attached hydrogens (tertiary/aromatic N) is 5. The van der Waals surface area contributed by atoms with Gasteiger partial charge in [0.2, 0.25) is 11.8 Å². The number of imidazole rings is 1. The zero-order valence-corrected chi connectivity index (χ0v) is 26.0. The Bertz CT molecular complexity index is 1440. The number of amides is 3. The molecule has 2 saturated heterocycles. The number of esters is 1. The lowest BCUT2D eigenvalue weighted by molar-refractivity contribution is -0.149. The number of likely N-dealkylation sites (N-methyl/N-ethyl adjacent to an activating group) is 1. The predicted molar refractivity (Wildman–Crippen MR) is 152 cm³/mol. The summed E-state index contributed by atoms with van der Waals surface area (Å²) in [5.74, 6) is -1.42. The van der Waals surface area contributed by atoms with E-state index >= 15 is 0 Å². The Labute approximate surface area is 250 Å². The van der Waals surface area contributed by atoms with Crippen molar-refractivity contribution in [2.75, 3.05) is 32.3 Å². The number of hydrogen-bond donors (Lipinski definition) is 5. The van der Waals surface area contributed by atoms with Crippen LogP contribution in [0.15, 0.2) is 6.33 Å². The molecule has 0 bridgehead atoms. The third kappa shape index (κ3) is 6.72. The van der Waals surface area contributed by atoms with Crippen molar-refractivity contribution in [3.8, 4) is 5.88 Å². The molecule has 0 aromatic carbocycles. The molecule has 2 aromatic rings. The Morgan fingerprint density at radius 1 is 1.35 bits per heavy atom. The smallest absolute Gasteiger partial charge is 0.327 e. The van der Waals surface area contributed by atoms with Crippen molar-refractivity contribution in [1.82, 2.24) is 34.8 Å². The second kappa shape index (κ2) is 12.5. The lowest BCUT2D eigenvalue weighted by Gasteiger charge is -2.27. The van der Waals surface area contributed by atoms with Gasteiger partial charge in [0.25, 0.3) is 5.91 Å². The number of nitrogens with two attached hydrogens (primary N) is 1. The molecule has 2 unspecified atom stereocenters. The molecule has 2 fully saturated rings. The Morgan fingerprint density at radius 2 is 2.05 bits per heavy atom. The Balaban J connectivity index is 1.53. The van der Waals surface area contributed by atoms with Gasteiger partial charge in [-0.3, -0.25) is 23.6 Å². The molecule has 2 aliphatic heterocycles. The second-order valence-electron chi connectivity index (χ2n) is 10.4. The summed E-state index contributed by atoms with van der Waals surface area (Å²) in [6, 6.07) is -2.70. The molecule has 43 heavy (non-hydrogen) atoms. The van der Waals surface area contributed by atoms with E-state index in [4.69, 9.17) is 24.5 Å². The van der Waals surface area contributed by atoms with Gasteiger partial charge in [-0.15, -0.1) is 0 Å². The van der Waals surface area contributed by atoms with Gasteiger partial charge in [0.15, 0.2) is 17.4 Å². The van der Waals surface area contributed by atoms with Gasteiger partial charge in [-0.2, -0.15) is 9.97 Å². The number of nitrogens with one attached hydrogen (secondary N) is 2. The molecule has 0 radical (unpaired) electrons. The minimum absolute atomic E-state index is 0.0941. The maximum Gasteiger partial charge on any atom is 0.327 e. The number of carbonyl (C=O) groups excluding carboxylic acids is 3. The fraction of sp³-hybridized carbons (Fsp3) is 0.652. The number of urea groups is 1. The van der Waals surface area contributed by atoms with E-state index in [-0.39, 0.29) is 28.7 Å². The van der Waals surface area contributed by atoms with Gasteiger partial charge in [0.1, 0.15) is 29.9 Å². The normalized spacial score (nSPS) is 27.9. The maximum absolute atomic E-state index is 14.0. The molecule has 4 rings (SSSR count). The van der Waals surface area contributed by atoms with Crippen LogP contribution in [0.25, 0.3) is 11.2 Å². The highest BCUT2D eigenvalue weighted by atomic mass is 32.7. The van der Waals surface area contributed by atoms with Gasteiger partial charge in [-0.1, -0.05) is 11.4 Å². The molecule has 7 atom stereocenters. The van der Waals surface area contributed by atoms with Crippen molar-refractivity contribution in [3.63, 3.8) is 0 Å². The quantitative estimate of drug-likeness (QED) is 0.114. The lowest BCUT2D eigenvalue weighted by atomic mass is 9.96. The van der Waals surface area contributed by atoms with Gasteiger partial charge in [0.05, 0.1) is 26.1 Å². The molecule has 18 nitrogen and oxygen atoms in total. The molecular formula is C23H35N8O10PS. The van der Waals surface area contributed by atoms with E-state index in [0.29, 0.717) is 11.4 Å². The summed E-state index contributed by atoms with van der Waals surface area (Å²) in [5, 5.41) is 27.4. The summed E-state index contributed by atoms with van der Waals surface area (Å²) in [5.41, 5.74) is 4.27. The van der Waals surface area contributed by atoms with Crippen LogP contribution < -0.4 is 20.9 Å². The number of aromatic nitrogens is 4. The molecule has 238 valence electrons. The van der Waals surface area contributed by atoms with E-state index in [9.17, 15) is 29.2 Å². The fourth-order valence-electron chi connectivity index (χ4n) is 4.43. The number of nitrogen functional groups attached to an aromatic ring is 1. The molecule has 0 aliphatic carbocycles. The average molecular weight is 647 g/mol. The SMILES string of the molecule is COc1nc(N)nc2c1ncn2[C@@H]1O[C@H](COP(=O)(N[C@@H](C)C(=O)OC(C)C)SC[C@H]2NC(=O)N(C)C2=O)[C@@H](O)C1(C)O. The van der Waals surface area contributed by atoms with Crippen molar-refractivity contribution in [1.29, 1.82) is 0 Å². The van der Waals surface area contributed by atoms with Crippen molar-refractivity contribution in [2.24, 2.45) is 0 Å². The lowest BCUT2D eigenvalue weighted by Crippen LogP contribution is -2.44. The van der Waals surface area contributed by atoms with E-state index in [0.717, 1.165) is 4.90 Å². The molecule has 2 aliphatic rings. The highest BCUT2D eigenvalue weighted by molar-refractivity contribution is 8.56. The largest absolute Gasteiger partial charge is 0.479 e. The van der Waals surface area contributed by atoms with Crippen LogP contribution in [0, 0.1) is 0 Å². The molecule has 4 heterocycles. The minimum atomic E-state index is -4.05. The summed E-state index contributed by atoms with van der Waals surface area (Å²) >= 11 is 0.677. The van der Waals surface area contributed by atoms with Crippen LogP contribution in [-0.2, 0) is 28.2 Å². The highest BCUT2D eigenvalue weighted by Gasteiger charge is 2.54. The van der Waals surface area contributed by atoms with E-state index in [1.165, 1.54) is 38.9 Å². The van der Waals surface area contributed by atoms with Crippen LogP contribution in [0.5, 0.6) is 5.88 Å². The van der Waals surface area contributed by atoms with Crippen LogP contribution in [0.4, 0.5) is 10.7 Å². The van der Waals surface area contributed by atoms with Crippen LogP contribution in [0.3, 0.4) is 0 Å². The number of rotatable bonds is 12. The fourth-order valence-corrected chi connectivity index (χ4v) is 8.29. The van der Waals surface area contributed by atoms with E-state index in [1.807, 2.05) is 0 Å². The molecule has 20 heteroatoms. The maximum atomic E-state index is 14.0. The Kier molecular flexibility index (Phi) is 9.55. The number of aliphatic hydroxyl groups excluding tert-OH is 1. The van der Waals surface area contributed by atoms with Crippen molar-refractivity contribution >= 4 is 53.1 Å². The molecule has 2 aromatic heterocycles. The molecule has 6 N–H and O–H groups in total. The van der Waals surface area contributed by atoms with Crippen LogP contribution >= 0.6 is 18.1 Å². The van der Waals surface area contributed by atoms with Crippen molar-refractivity contribution < 1.29 is 47.9 Å². The van der Waals surface area contributed by atoms with Gasteiger partial charge in [-0.05, 0) is 27.7 Å². The number of methoxy groups -OCH3 is 1. The number of anilines is 1. The molecule has 0 saturated carbocycles. The minimum Gasteiger partial charge on any atom is -0.479 e. The van der Waals surface area contributed by atoms with Gasteiger partial charge in [0, 0.05) is 12.8 Å². The summed E-state index contributed by atoms with van der Waals surface area (Å²) in [4.78, 5) is 49.9. The van der Waals surface area contributed by atoms with Crippen molar-refractivity contribution in [3.05, 3.63) is 6.33 Å². The van der Waals surface area contributed by atoms with E-state index < -0.39 is 73.5 Å². The number of hydrogen-bond acceptors (Lipinski definition) is 15. The number of carbonyl (C=O) groups is 3. The summed E-state index contributed by atoms with van der Waals surface area (Å²) in [7, 11) is 2.68. The average Bonchev–Trinajstić information content (AvgIpc) is 3.53. The molecule has 3 amide bonds.